The van der Waals surface area contributed by atoms with Gasteiger partial charge in [-0.25, -0.2) is 0 Å². The minimum absolute atomic E-state index is 0.102. The van der Waals surface area contributed by atoms with Gasteiger partial charge in [0.2, 0.25) is 0 Å². The van der Waals surface area contributed by atoms with Gasteiger partial charge in [-0.3, -0.25) is 14.9 Å². The van der Waals surface area contributed by atoms with Crippen molar-refractivity contribution >= 4 is 23.3 Å². The molecule has 1 aliphatic heterocycles. The van der Waals surface area contributed by atoms with Crippen LogP contribution in [0.1, 0.15) is 56.5 Å². The monoisotopic (exact) mass is 573 g/mol. The van der Waals surface area contributed by atoms with Gasteiger partial charge >= 0.3 is 5.97 Å². The molecule has 40 heavy (non-hydrogen) atoms. The van der Waals surface area contributed by atoms with E-state index in [9.17, 15) is 20.0 Å². The van der Waals surface area contributed by atoms with Crippen LogP contribution in [0.25, 0.3) is 0 Å². The Labute approximate surface area is 241 Å². The standard InChI is InChI=1S/C30H40ClN3O6/c1-19-25(28(35)39-6)27(22-13-10-14-23(17-22)34(37)38)26(20(2)32-19)29(36)40-30(3,4)18-33(5)16-15-24(31)21-11-8-7-9-12-21/h7-14,17,20,24,26-28,32,35H,15-16,18H2,1-6H3. The lowest BCUT2D eigenvalue weighted by atomic mass is 9.73. The molecule has 1 aliphatic rings. The summed E-state index contributed by atoms with van der Waals surface area (Å²) in [6, 6.07) is 15.7. The number of aliphatic hydroxyl groups is 1. The quantitative estimate of drug-likeness (QED) is 0.118. The molecule has 10 heteroatoms. The number of nitro groups is 1. The average Bonchev–Trinajstić information content (AvgIpc) is 2.90. The topological polar surface area (TPSA) is 114 Å². The van der Waals surface area contributed by atoms with E-state index in [-0.39, 0.29) is 17.1 Å². The van der Waals surface area contributed by atoms with E-state index < -0.39 is 34.6 Å². The van der Waals surface area contributed by atoms with Crippen LogP contribution in [0.5, 0.6) is 0 Å². The van der Waals surface area contributed by atoms with E-state index in [2.05, 4.69) is 10.2 Å². The zero-order valence-corrected chi connectivity index (χ0v) is 24.7. The van der Waals surface area contributed by atoms with Crippen molar-refractivity contribution in [3.8, 4) is 0 Å². The maximum Gasteiger partial charge on any atom is 0.312 e. The summed E-state index contributed by atoms with van der Waals surface area (Å²) in [5, 5.41) is 25.4. The molecule has 0 spiro atoms. The van der Waals surface area contributed by atoms with Gasteiger partial charge in [-0.15, -0.1) is 11.6 Å². The van der Waals surface area contributed by atoms with Crippen LogP contribution in [-0.2, 0) is 14.3 Å². The second-order valence-electron chi connectivity index (χ2n) is 11.0. The third-order valence-electron chi connectivity index (χ3n) is 7.26. The van der Waals surface area contributed by atoms with Crippen LogP contribution in [0.4, 0.5) is 5.69 Å². The van der Waals surface area contributed by atoms with E-state index in [1.54, 1.807) is 19.1 Å². The minimum atomic E-state index is -1.31. The third kappa shape index (κ3) is 7.81. The number of benzene rings is 2. The molecule has 9 nitrogen and oxygen atoms in total. The minimum Gasteiger partial charge on any atom is -0.458 e. The van der Waals surface area contributed by atoms with Gasteiger partial charge in [0.05, 0.1) is 16.2 Å². The number of carbonyl (C=O) groups excluding carboxylic acids is 1. The van der Waals surface area contributed by atoms with Gasteiger partial charge in [0, 0.05) is 49.0 Å². The van der Waals surface area contributed by atoms with Crippen LogP contribution in [0.2, 0.25) is 0 Å². The zero-order chi connectivity index (χ0) is 29.6. The molecule has 5 unspecified atom stereocenters. The number of aliphatic hydroxyl groups excluding tert-OH is 1. The SMILES string of the molecule is COC(O)C1=C(C)NC(C)C(C(=O)OC(C)(C)CN(C)CCC(Cl)c2ccccc2)C1c1cccc([N+](=O)[O-])c1. The summed E-state index contributed by atoms with van der Waals surface area (Å²) < 4.78 is 11.3. The van der Waals surface area contributed by atoms with Crippen molar-refractivity contribution < 1.29 is 24.3 Å². The first-order valence-corrected chi connectivity index (χ1v) is 13.8. The van der Waals surface area contributed by atoms with Crippen LogP contribution < -0.4 is 5.32 Å². The fraction of sp³-hybridized carbons (Fsp3) is 0.500. The van der Waals surface area contributed by atoms with Gasteiger partial charge in [-0.2, -0.15) is 0 Å². The molecular formula is C30H40ClN3O6. The number of rotatable bonds is 12. The number of nitro benzene ring substituents is 1. The van der Waals surface area contributed by atoms with Crippen molar-refractivity contribution in [3.05, 3.63) is 87.1 Å². The highest BCUT2D eigenvalue weighted by atomic mass is 35.5. The van der Waals surface area contributed by atoms with Gasteiger partial charge in [-0.05, 0) is 58.8 Å². The number of halogens is 1. The molecule has 0 fully saturated rings. The van der Waals surface area contributed by atoms with Gasteiger partial charge < -0.3 is 24.8 Å². The summed E-state index contributed by atoms with van der Waals surface area (Å²) in [4.78, 5) is 27.0. The second kappa shape index (κ2) is 13.6. The van der Waals surface area contributed by atoms with E-state index in [1.807, 2.05) is 58.2 Å². The first-order valence-electron chi connectivity index (χ1n) is 13.4. The lowest BCUT2D eigenvalue weighted by molar-refractivity contribution is -0.384. The predicted octanol–water partition coefficient (Wildman–Crippen LogP) is 5.15. The number of nitrogens with zero attached hydrogens (tertiary/aromatic N) is 2. The van der Waals surface area contributed by atoms with E-state index in [4.69, 9.17) is 21.1 Å². The Balaban J connectivity index is 1.81. The normalized spacial score (nSPS) is 21.1. The molecular weight excluding hydrogens is 534 g/mol. The Bertz CT molecular complexity index is 1200. The van der Waals surface area contributed by atoms with Crippen LogP contribution in [0.3, 0.4) is 0 Å². The maximum absolute atomic E-state index is 13.8. The molecule has 0 radical (unpaired) electrons. The molecule has 0 amide bonds. The average molecular weight is 574 g/mol. The van der Waals surface area contributed by atoms with Crippen LogP contribution >= 0.6 is 11.6 Å². The highest BCUT2D eigenvalue weighted by molar-refractivity contribution is 6.20. The fourth-order valence-electron chi connectivity index (χ4n) is 5.52. The Morgan fingerprint density at radius 3 is 2.52 bits per heavy atom. The summed E-state index contributed by atoms with van der Waals surface area (Å²) in [5.41, 5.74) is 1.73. The van der Waals surface area contributed by atoms with Crippen LogP contribution in [0.15, 0.2) is 65.9 Å². The summed E-state index contributed by atoms with van der Waals surface area (Å²) in [6.45, 7) is 8.53. The number of esters is 1. The molecule has 0 bridgehead atoms. The molecule has 0 aromatic heterocycles. The van der Waals surface area contributed by atoms with E-state index >= 15 is 0 Å². The van der Waals surface area contributed by atoms with Crippen molar-refractivity contribution in [2.75, 3.05) is 27.2 Å². The molecule has 0 aliphatic carbocycles. The number of methoxy groups -OCH3 is 1. The molecule has 1 heterocycles. The van der Waals surface area contributed by atoms with Gasteiger partial charge in [0.25, 0.3) is 5.69 Å². The fourth-order valence-corrected chi connectivity index (χ4v) is 5.76. The largest absolute Gasteiger partial charge is 0.458 e. The summed E-state index contributed by atoms with van der Waals surface area (Å²) in [5.74, 6) is -1.95. The van der Waals surface area contributed by atoms with Crippen molar-refractivity contribution in [2.24, 2.45) is 5.92 Å². The summed E-state index contributed by atoms with van der Waals surface area (Å²) in [7, 11) is 3.32. The van der Waals surface area contributed by atoms with Crippen LogP contribution in [-0.4, -0.2) is 66.1 Å². The molecule has 5 atom stereocenters. The van der Waals surface area contributed by atoms with Crippen LogP contribution in [0, 0.1) is 16.0 Å². The number of hydrogen-bond acceptors (Lipinski definition) is 8. The highest BCUT2D eigenvalue weighted by Gasteiger charge is 2.45. The molecule has 0 saturated heterocycles. The number of allylic oxidation sites excluding steroid dienone is 1. The molecule has 3 rings (SSSR count). The summed E-state index contributed by atoms with van der Waals surface area (Å²) in [6.07, 6.45) is -0.584. The summed E-state index contributed by atoms with van der Waals surface area (Å²) >= 11 is 6.60. The molecule has 2 aromatic carbocycles. The number of hydrogen-bond donors (Lipinski definition) is 2. The van der Waals surface area contributed by atoms with E-state index in [0.717, 1.165) is 12.0 Å². The van der Waals surface area contributed by atoms with Crippen molar-refractivity contribution in [1.82, 2.24) is 10.2 Å². The van der Waals surface area contributed by atoms with Crippen molar-refractivity contribution in [3.63, 3.8) is 0 Å². The number of ether oxygens (including phenoxy) is 2. The number of likely N-dealkylation sites (N-methyl/N-ethyl adjacent to an activating group) is 1. The first kappa shape index (κ1) is 31.5. The molecule has 218 valence electrons. The Morgan fingerprint density at radius 2 is 1.90 bits per heavy atom. The molecule has 2 aromatic rings. The Hall–Kier alpha value is -2.98. The number of alkyl halides is 1. The second-order valence-corrected chi connectivity index (χ2v) is 11.6. The smallest absolute Gasteiger partial charge is 0.312 e. The van der Waals surface area contributed by atoms with Crippen molar-refractivity contribution in [2.45, 2.75) is 63.3 Å². The Kier molecular flexibility index (Phi) is 10.7. The van der Waals surface area contributed by atoms with Gasteiger partial charge in [0.1, 0.15) is 5.60 Å². The highest BCUT2D eigenvalue weighted by Crippen LogP contribution is 2.42. The van der Waals surface area contributed by atoms with E-state index in [1.165, 1.54) is 19.2 Å². The maximum atomic E-state index is 13.8. The molecule has 0 saturated carbocycles. The van der Waals surface area contributed by atoms with E-state index in [0.29, 0.717) is 29.9 Å². The first-order chi connectivity index (χ1) is 18.8. The predicted molar refractivity (Wildman–Crippen MR) is 155 cm³/mol. The van der Waals surface area contributed by atoms with Crippen molar-refractivity contribution in [1.29, 1.82) is 0 Å². The number of carbonyl (C=O) groups is 1. The third-order valence-corrected chi connectivity index (χ3v) is 7.73. The van der Waals surface area contributed by atoms with Gasteiger partial charge in [0.15, 0.2) is 6.29 Å². The lowest BCUT2D eigenvalue weighted by Crippen LogP contribution is -2.50. The molecule has 2 N–H and O–H groups in total. The number of non-ortho nitro benzene ring substituents is 1. The van der Waals surface area contributed by atoms with Gasteiger partial charge in [-0.1, -0.05) is 42.5 Å². The zero-order valence-electron chi connectivity index (χ0n) is 24.0. The number of nitrogens with one attached hydrogen (secondary N) is 1. The lowest BCUT2D eigenvalue weighted by Gasteiger charge is -2.41. The Morgan fingerprint density at radius 1 is 1.23 bits per heavy atom.